The van der Waals surface area contributed by atoms with Crippen LogP contribution in [0.5, 0.6) is 5.75 Å². The van der Waals surface area contributed by atoms with Crippen LogP contribution in [0.4, 0.5) is 10.8 Å². The Hall–Kier alpha value is -2.69. The topological polar surface area (TPSA) is 80.2 Å². The zero-order valence-electron chi connectivity index (χ0n) is 18.1. The smallest absolute Gasteiger partial charge is 0.233 e. The number of ether oxygens (including phenoxy) is 1. The van der Waals surface area contributed by atoms with Crippen LogP contribution < -0.4 is 10.1 Å². The Morgan fingerprint density at radius 2 is 2.03 bits per heavy atom. The average molecular weight is 498 g/mol. The van der Waals surface area contributed by atoms with Crippen molar-refractivity contribution in [2.24, 2.45) is 0 Å². The molecular weight excluding hydrogens is 474 g/mol. The van der Waals surface area contributed by atoms with Gasteiger partial charge in [0.2, 0.25) is 11.0 Å². The largest absolute Gasteiger partial charge is 0.497 e. The number of nitrogens with zero attached hydrogens (tertiary/aromatic N) is 4. The number of anilines is 2. The number of amides is 1. The van der Waals surface area contributed by atoms with Crippen molar-refractivity contribution in [3.05, 3.63) is 53.5 Å². The van der Waals surface area contributed by atoms with E-state index in [1.807, 2.05) is 41.3 Å². The number of piperidine rings is 1. The number of nitrogens with one attached hydrogen (secondary N) is 1. The molecule has 10 heteroatoms. The lowest BCUT2D eigenvalue weighted by atomic mass is 9.99. The molecule has 0 aliphatic carbocycles. The first kappa shape index (κ1) is 22.1. The molecule has 1 unspecified atom stereocenters. The molecular formula is C23H23N5O2S3. The van der Waals surface area contributed by atoms with E-state index in [1.165, 1.54) is 27.8 Å². The van der Waals surface area contributed by atoms with Gasteiger partial charge in [0.1, 0.15) is 5.75 Å². The van der Waals surface area contributed by atoms with Crippen molar-refractivity contribution in [3.63, 3.8) is 0 Å². The van der Waals surface area contributed by atoms with Gasteiger partial charge in [-0.05, 0) is 49.2 Å². The number of methoxy groups -OCH3 is 1. The standard InChI is InChI=1S/C23H23N5O2S3/c1-30-17-10-8-16(9-11-17)24-22-26-27-23(33-22)31-14-20(29)28-12-4-5-15(13-28)21-25-18-6-2-3-7-19(18)32-21/h2-3,6-11,15H,4-5,12-14H2,1H3,(H,24,26). The molecule has 5 rings (SSSR count). The monoisotopic (exact) mass is 497 g/mol. The van der Waals surface area contributed by atoms with Crippen molar-refractivity contribution < 1.29 is 9.53 Å². The number of para-hydroxylation sites is 1. The second kappa shape index (κ2) is 10.1. The van der Waals surface area contributed by atoms with Gasteiger partial charge in [-0.2, -0.15) is 0 Å². The molecule has 7 nitrogen and oxygen atoms in total. The molecule has 2 aromatic heterocycles. The molecule has 1 aliphatic rings. The lowest BCUT2D eigenvalue weighted by Crippen LogP contribution is -2.40. The number of hydrogen-bond acceptors (Lipinski definition) is 9. The number of fused-ring (bicyclic) bond motifs is 1. The zero-order valence-corrected chi connectivity index (χ0v) is 20.5. The zero-order chi connectivity index (χ0) is 22.6. The highest BCUT2D eigenvalue weighted by Crippen LogP contribution is 2.34. The molecule has 0 saturated carbocycles. The third-order valence-electron chi connectivity index (χ3n) is 5.50. The number of carbonyl (C=O) groups is 1. The highest BCUT2D eigenvalue weighted by Gasteiger charge is 2.27. The first-order chi connectivity index (χ1) is 16.2. The van der Waals surface area contributed by atoms with E-state index in [-0.39, 0.29) is 5.91 Å². The van der Waals surface area contributed by atoms with Crippen LogP contribution in [0, 0.1) is 0 Å². The number of likely N-dealkylation sites (tertiary alicyclic amines) is 1. The number of carbonyl (C=O) groups excluding carboxylic acids is 1. The van der Waals surface area contributed by atoms with Crippen LogP contribution in [0.25, 0.3) is 10.2 Å². The van der Waals surface area contributed by atoms with Crippen LogP contribution >= 0.6 is 34.4 Å². The number of benzene rings is 2. The van der Waals surface area contributed by atoms with E-state index in [1.54, 1.807) is 18.4 Å². The van der Waals surface area contributed by atoms with Crippen molar-refractivity contribution in [1.29, 1.82) is 0 Å². The van der Waals surface area contributed by atoms with Gasteiger partial charge in [-0.3, -0.25) is 4.79 Å². The first-order valence-electron chi connectivity index (χ1n) is 10.7. The van der Waals surface area contributed by atoms with Gasteiger partial charge in [-0.25, -0.2) is 4.98 Å². The highest BCUT2D eigenvalue weighted by atomic mass is 32.2. The van der Waals surface area contributed by atoms with Crippen molar-refractivity contribution >= 4 is 61.4 Å². The molecule has 1 N–H and O–H groups in total. The number of thiazole rings is 1. The van der Waals surface area contributed by atoms with Crippen LogP contribution in [0.3, 0.4) is 0 Å². The maximum Gasteiger partial charge on any atom is 0.233 e. The summed E-state index contributed by atoms with van der Waals surface area (Å²) in [5.74, 6) is 1.62. The van der Waals surface area contributed by atoms with Gasteiger partial charge in [0.15, 0.2) is 4.34 Å². The molecule has 0 spiro atoms. The number of aromatic nitrogens is 3. The predicted molar refractivity (Wildman–Crippen MR) is 135 cm³/mol. The van der Waals surface area contributed by atoms with Gasteiger partial charge >= 0.3 is 0 Å². The maximum absolute atomic E-state index is 12.9. The van der Waals surface area contributed by atoms with E-state index in [0.29, 0.717) is 16.8 Å². The van der Waals surface area contributed by atoms with Crippen molar-refractivity contribution in [3.8, 4) is 5.75 Å². The van der Waals surface area contributed by atoms with E-state index in [9.17, 15) is 4.79 Å². The van der Waals surface area contributed by atoms with Gasteiger partial charge < -0.3 is 15.0 Å². The third-order valence-corrected chi connectivity index (χ3v) is 8.66. The average Bonchev–Trinajstić information content (AvgIpc) is 3.50. The lowest BCUT2D eigenvalue weighted by Gasteiger charge is -2.31. The molecule has 33 heavy (non-hydrogen) atoms. The Morgan fingerprint density at radius 3 is 2.85 bits per heavy atom. The number of hydrogen-bond donors (Lipinski definition) is 1. The Balaban J connectivity index is 1.15. The SMILES string of the molecule is COc1ccc(Nc2nnc(SCC(=O)N3CCCC(c4nc5ccccc5s4)C3)s2)cc1. The molecule has 4 aromatic rings. The molecule has 1 saturated heterocycles. The van der Waals surface area contributed by atoms with Gasteiger partial charge in [-0.15, -0.1) is 21.5 Å². The van der Waals surface area contributed by atoms with Crippen molar-refractivity contribution in [2.45, 2.75) is 23.1 Å². The van der Waals surface area contributed by atoms with Crippen LogP contribution in [-0.4, -0.2) is 51.9 Å². The van der Waals surface area contributed by atoms with Crippen LogP contribution in [0.1, 0.15) is 23.8 Å². The summed E-state index contributed by atoms with van der Waals surface area (Å²) >= 11 is 4.63. The summed E-state index contributed by atoms with van der Waals surface area (Å²) in [6.07, 6.45) is 2.08. The number of thioether (sulfide) groups is 1. The van der Waals surface area contributed by atoms with Crippen LogP contribution in [0.15, 0.2) is 52.9 Å². The van der Waals surface area contributed by atoms with E-state index in [2.05, 4.69) is 27.6 Å². The molecule has 0 radical (unpaired) electrons. The van der Waals surface area contributed by atoms with Crippen LogP contribution in [0.2, 0.25) is 0 Å². The summed E-state index contributed by atoms with van der Waals surface area (Å²) in [5.41, 5.74) is 1.96. The first-order valence-corrected chi connectivity index (χ1v) is 13.3. The summed E-state index contributed by atoms with van der Waals surface area (Å²) in [6.45, 7) is 1.54. The van der Waals surface area contributed by atoms with Gasteiger partial charge in [0.05, 0.1) is 28.1 Å². The fourth-order valence-electron chi connectivity index (χ4n) is 3.80. The van der Waals surface area contributed by atoms with Gasteiger partial charge in [0, 0.05) is 24.7 Å². The molecule has 1 amide bonds. The summed E-state index contributed by atoms with van der Waals surface area (Å²) < 4.78 is 7.16. The van der Waals surface area contributed by atoms with Crippen molar-refractivity contribution in [1.82, 2.24) is 20.1 Å². The Bertz CT molecular complexity index is 1210. The van der Waals surface area contributed by atoms with Crippen LogP contribution in [-0.2, 0) is 4.79 Å². The second-order valence-corrected chi connectivity index (χ2v) is 11.0. The molecule has 3 heterocycles. The fourth-order valence-corrected chi connectivity index (χ4v) is 6.57. The Morgan fingerprint density at radius 1 is 1.18 bits per heavy atom. The van der Waals surface area contributed by atoms with Gasteiger partial charge in [-0.1, -0.05) is 35.2 Å². The summed E-state index contributed by atoms with van der Waals surface area (Å²) in [6, 6.07) is 15.9. The van der Waals surface area contributed by atoms with Crippen molar-refractivity contribution in [2.75, 3.05) is 31.3 Å². The summed E-state index contributed by atoms with van der Waals surface area (Å²) in [5, 5.41) is 13.5. The fraction of sp³-hybridized carbons (Fsp3) is 0.304. The summed E-state index contributed by atoms with van der Waals surface area (Å²) in [4.78, 5) is 19.7. The highest BCUT2D eigenvalue weighted by molar-refractivity contribution is 8.01. The quantitative estimate of drug-likeness (QED) is 0.343. The second-order valence-electron chi connectivity index (χ2n) is 7.71. The molecule has 170 valence electrons. The molecule has 0 bridgehead atoms. The van der Waals surface area contributed by atoms with E-state index < -0.39 is 0 Å². The number of rotatable bonds is 7. The van der Waals surface area contributed by atoms with Gasteiger partial charge in [0.25, 0.3) is 0 Å². The minimum absolute atomic E-state index is 0.144. The molecule has 2 aromatic carbocycles. The minimum atomic E-state index is 0.144. The minimum Gasteiger partial charge on any atom is -0.497 e. The normalized spacial score (nSPS) is 16.2. The summed E-state index contributed by atoms with van der Waals surface area (Å²) in [7, 11) is 1.64. The molecule has 1 atom stereocenters. The predicted octanol–water partition coefficient (Wildman–Crippen LogP) is 5.40. The maximum atomic E-state index is 12.9. The van der Waals surface area contributed by atoms with E-state index in [0.717, 1.165) is 52.2 Å². The Kier molecular flexibility index (Phi) is 6.75. The molecule has 1 fully saturated rings. The third kappa shape index (κ3) is 5.29. The lowest BCUT2D eigenvalue weighted by molar-refractivity contribution is -0.129. The Labute approximate surface area is 204 Å². The van der Waals surface area contributed by atoms with E-state index in [4.69, 9.17) is 9.72 Å². The van der Waals surface area contributed by atoms with E-state index >= 15 is 0 Å². The molecule has 1 aliphatic heterocycles.